The molecule has 12 heteroatoms. The van der Waals surface area contributed by atoms with Crippen LogP contribution in [0.5, 0.6) is 23.0 Å². The van der Waals surface area contributed by atoms with E-state index in [2.05, 4.69) is 4.18 Å². The van der Waals surface area contributed by atoms with Gasteiger partial charge < -0.3 is 23.0 Å². The van der Waals surface area contributed by atoms with Crippen LogP contribution >= 0.6 is 0 Å². The van der Waals surface area contributed by atoms with E-state index in [0.29, 0.717) is 52.1 Å². The lowest BCUT2D eigenvalue weighted by atomic mass is 9.95. The van der Waals surface area contributed by atoms with Gasteiger partial charge >= 0.3 is 15.6 Å². The van der Waals surface area contributed by atoms with E-state index in [1.807, 2.05) is 0 Å². The van der Waals surface area contributed by atoms with Gasteiger partial charge in [-0.1, -0.05) is 6.07 Å². The number of ether oxygens (including phenoxy) is 3. The number of halogens is 3. The molecule has 2 aromatic carbocycles. The fourth-order valence-corrected chi connectivity index (χ4v) is 4.37. The first-order valence-corrected chi connectivity index (χ1v) is 10.7. The molecule has 0 atom stereocenters. The van der Waals surface area contributed by atoms with E-state index in [1.165, 1.54) is 17.7 Å². The van der Waals surface area contributed by atoms with Crippen LogP contribution in [-0.2, 0) is 23.1 Å². The Morgan fingerprint density at radius 1 is 1.09 bits per heavy atom. The van der Waals surface area contributed by atoms with Gasteiger partial charge in [-0.2, -0.15) is 21.6 Å². The Labute approximate surface area is 178 Å². The first kappa shape index (κ1) is 20.5. The van der Waals surface area contributed by atoms with Gasteiger partial charge in [0.05, 0.1) is 18.2 Å². The molecule has 0 fully saturated rings. The number of rotatable bonds is 3. The normalized spacial score (nSPS) is 14.8. The molecule has 3 heterocycles. The van der Waals surface area contributed by atoms with Gasteiger partial charge in [0.25, 0.3) is 5.56 Å². The Bertz CT molecular complexity index is 1440. The van der Waals surface area contributed by atoms with E-state index in [9.17, 15) is 26.4 Å². The summed E-state index contributed by atoms with van der Waals surface area (Å²) < 4.78 is 83.3. The van der Waals surface area contributed by atoms with Crippen molar-refractivity contribution in [2.75, 3.05) is 13.9 Å². The van der Waals surface area contributed by atoms with Gasteiger partial charge in [0.2, 0.25) is 6.79 Å². The van der Waals surface area contributed by atoms with Crippen molar-refractivity contribution in [2.45, 2.75) is 18.5 Å². The minimum absolute atomic E-state index is 0.00730. The summed E-state index contributed by atoms with van der Waals surface area (Å²) in [6, 6.07) is 7.57. The highest BCUT2D eigenvalue weighted by Crippen LogP contribution is 2.43. The second kappa shape index (κ2) is 6.79. The molecule has 2 aliphatic heterocycles. The quantitative estimate of drug-likeness (QED) is 0.430. The highest BCUT2D eigenvalue weighted by Gasteiger charge is 2.49. The number of hydrogen-bond acceptors (Lipinski definition) is 7. The molecule has 0 spiro atoms. The van der Waals surface area contributed by atoms with Gasteiger partial charge in [0, 0.05) is 12.1 Å². The predicted molar refractivity (Wildman–Crippen MR) is 106 cm³/mol. The highest BCUT2D eigenvalue weighted by atomic mass is 32.2. The van der Waals surface area contributed by atoms with Gasteiger partial charge in [0.1, 0.15) is 0 Å². The number of aromatic nitrogens is 1. The summed E-state index contributed by atoms with van der Waals surface area (Å²) >= 11 is 0. The molecule has 3 aromatic rings. The van der Waals surface area contributed by atoms with E-state index >= 15 is 0 Å². The maximum Gasteiger partial charge on any atom is 0.534 e. The molecule has 0 aliphatic carbocycles. The third kappa shape index (κ3) is 2.97. The van der Waals surface area contributed by atoms with Crippen molar-refractivity contribution >= 4 is 20.9 Å². The van der Waals surface area contributed by atoms with Crippen molar-refractivity contribution in [1.29, 1.82) is 0 Å². The molecule has 2 aliphatic rings. The third-order valence-corrected chi connectivity index (χ3v) is 6.33. The zero-order chi connectivity index (χ0) is 22.8. The molecule has 8 nitrogen and oxygen atoms in total. The van der Waals surface area contributed by atoms with Gasteiger partial charge in [-0.05, 0) is 41.6 Å². The van der Waals surface area contributed by atoms with Crippen LogP contribution in [0, 0.1) is 0 Å². The molecule has 5 rings (SSSR count). The summed E-state index contributed by atoms with van der Waals surface area (Å²) in [6.45, 7) is 0.290. The standard InChI is InChI=1S/C20H14F3NO7S/c1-28-15-7-10-4-5-24-13(12(10)8-16(15)31-32(26,27)20(21,22)23)6-11-2-3-14-18(30-9-29-14)17(11)19(24)25/h2-3,6-8H,4-5,9H2,1H3. The van der Waals surface area contributed by atoms with E-state index in [1.54, 1.807) is 18.2 Å². The predicted octanol–water partition coefficient (Wildman–Crippen LogP) is 3.19. The Morgan fingerprint density at radius 3 is 2.59 bits per heavy atom. The Morgan fingerprint density at radius 2 is 1.88 bits per heavy atom. The molecule has 0 saturated carbocycles. The van der Waals surface area contributed by atoms with E-state index in [4.69, 9.17) is 14.2 Å². The largest absolute Gasteiger partial charge is 0.534 e. The number of nitrogens with zero attached hydrogens (tertiary/aromatic N) is 1. The lowest BCUT2D eigenvalue weighted by Gasteiger charge is -2.24. The lowest BCUT2D eigenvalue weighted by molar-refractivity contribution is -0.0500. The van der Waals surface area contributed by atoms with Gasteiger partial charge in [-0.25, -0.2) is 0 Å². The molecule has 0 unspecified atom stereocenters. The van der Waals surface area contributed by atoms with Crippen LogP contribution < -0.4 is 24.0 Å². The summed E-state index contributed by atoms with van der Waals surface area (Å²) in [5.74, 6) is -0.0143. The number of alkyl halides is 3. The molecule has 0 saturated heterocycles. The van der Waals surface area contributed by atoms with E-state index in [0.717, 1.165) is 6.07 Å². The van der Waals surface area contributed by atoms with Crippen molar-refractivity contribution in [3.05, 3.63) is 46.2 Å². The number of pyridine rings is 1. The molecule has 32 heavy (non-hydrogen) atoms. The molecule has 168 valence electrons. The summed E-state index contributed by atoms with van der Waals surface area (Å²) in [5, 5.41) is 0.872. The number of methoxy groups -OCH3 is 1. The molecular weight excluding hydrogens is 455 g/mol. The molecule has 1 aromatic heterocycles. The minimum atomic E-state index is -5.92. The number of hydrogen-bond donors (Lipinski definition) is 0. The average molecular weight is 469 g/mol. The average Bonchev–Trinajstić information content (AvgIpc) is 3.21. The second-order valence-corrected chi connectivity index (χ2v) is 8.68. The zero-order valence-electron chi connectivity index (χ0n) is 16.4. The maximum atomic E-state index is 13.2. The van der Waals surface area contributed by atoms with Crippen LogP contribution in [0.15, 0.2) is 35.1 Å². The van der Waals surface area contributed by atoms with Crippen LogP contribution in [0.3, 0.4) is 0 Å². The van der Waals surface area contributed by atoms with Gasteiger partial charge in [-0.15, -0.1) is 0 Å². The lowest BCUT2D eigenvalue weighted by Crippen LogP contribution is -2.28. The van der Waals surface area contributed by atoms with Crippen molar-refractivity contribution < 1.29 is 40.0 Å². The number of benzene rings is 2. The first-order chi connectivity index (χ1) is 15.1. The molecule has 0 amide bonds. The summed E-state index contributed by atoms with van der Waals surface area (Å²) in [4.78, 5) is 13.2. The van der Waals surface area contributed by atoms with Crippen LogP contribution in [0.25, 0.3) is 22.0 Å². The Kier molecular flexibility index (Phi) is 4.35. The minimum Gasteiger partial charge on any atom is -0.493 e. The van der Waals surface area contributed by atoms with Crippen LogP contribution in [0.4, 0.5) is 13.2 Å². The first-order valence-electron chi connectivity index (χ1n) is 9.29. The fourth-order valence-electron chi connectivity index (χ4n) is 3.91. The SMILES string of the molecule is COc1cc2c(cc1OS(=O)(=O)C(F)(F)F)-c1cc3ccc4c(c3c(=O)n1CC2)OCO4. The van der Waals surface area contributed by atoms with E-state index in [-0.39, 0.29) is 18.1 Å². The smallest absolute Gasteiger partial charge is 0.493 e. The fraction of sp³-hybridized carbons (Fsp3) is 0.250. The van der Waals surface area contributed by atoms with Crippen LogP contribution in [-0.4, -0.2) is 32.4 Å². The van der Waals surface area contributed by atoms with Crippen LogP contribution in [0.2, 0.25) is 0 Å². The number of aryl methyl sites for hydroxylation is 1. The van der Waals surface area contributed by atoms with Crippen LogP contribution in [0.1, 0.15) is 5.56 Å². The second-order valence-electron chi connectivity index (χ2n) is 7.14. The number of fused-ring (bicyclic) bond motifs is 6. The molecule has 0 radical (unpaired) electrons. The van der Waals surface area contributed by atoms with Crippen molar-refractivity contribution in [2.24, 2.45) is 0 Å². The summed E-state index contributed by atoms with van der Waals surface area (Å²) in [7, 11) is -4.73. The third-order valence-electron chi connectivity index (χ3n) is 5.37. The van der Waals surface area contributed by atoms with Crippen molar-refractivity contribution in [3.63, 3.8) is 0 Å². The van der Waals surface area contributed by atoms with E-state index < -0.39 is 21.4 Å². The summed E-state index contributed by atoms with van der Waals surface area (Å²) in [5.41, 5.74) is -4.54. The van der Waals surface area contributed by atoms with Crippen molar-refractivity contribution in [1.82, 2.24) is 4.57 Å². The maximum absolute atomic E-state index is 13.2. The monoisotopic (exact) mass is 469 g/mol. The zero-order valence-corrected chi connectivity index (χ0v) is 17.2. The van der Waals surface area contributed by atoms with Crippen molar-refractivity contribution in [3.8, 4) is 34.3 Å². The van der Waals surface area contributed by atoms with Gasteiger partial charge in [0.15, 0.2) is 23.0 Å². The van der Waals surface area contributed by atoms with Gasteiger partial charge in [-0.3, -0.25) is 4.79 Å². The highest BCUT2D eigenvalue weighted by molar-refractivity contribution is 7.88. The summed E-state index contributed by atoms with van der Waals surface area (Å²) in [6.07, 6.45) is 0.364. The Balaban J connectivity index is 1.72. The molecule has 0 bridgehead atoms. The molecular formula is C20H14F3NO7S. The molecule has 0 N–H and O–H groups in total. The topological polar surface area (TPSA) is 93.1 Å². The Hall–Kier alpha value is -3.41.